The average Bonchev–Trinajstić information content (AvgIpc) is 3.20. The van der Waals surface area contributed by atoms with Crippen LogP contribution in [0.1, 0.15) is 226 Å². The van der Waals surface area contributed by atoms with E-state index in [-0.39, 0.29) is 25.2 Å². The molecule has 0 saturated carbocycles. The molecule has 0 aromatic carbocycles. The molecule has 0 radical (unpaired) electrons. The standard InChI is InChI=1S/C51H90O5/c1-4-7-10-13-16-19-22-24-25-26-28-31-34-37-40-43-46-54-47-49(56-51(53)45-42-39-36-33-29-21-18-15-12-9-6-3)48-55-50(52)44-41-38-35-32-30-27-23-20-17-14-11-8-5-2/h7,10,15-16,18-19,24-25,28,31,49H,4-6,8-9,11-14,17,20-23,26-27,29-30,32-48H2,1-3H3/b10-7-,18-15-,19-16-,25-24-,31-28-. The van der Waals surface area contributed by atoms with Crippen molar-refractivity contribution >= 4 is 11.9 Å². The van der Waals surface area contributed by atoms with E-state index in [0.717, 1.165) is 89.9 Å². The fourth-order valence-electron chi connectivity index (χ4n) is 6.48. The van der Waals surface area contributed by atoms with Crippen LogP contribution in [0.15, 0.2) is 60.8 Å². The summed E-state index contributed by atoms with van der Waals surface area (Å²) in [6.07, 6.45) is 57.9. The van der Waals surface area contributed by atoms with Gasteiger partial charge in [-0.25, -0.2) is 0 Å². The minimum atomic E-state index is -0.554. The fourth-order valence-corrected chi connectivity index (χ4v) is 6.48. The Kier molecular flexibility index (Phi) is 45.0. The lowest BCUT2D eigenvalue weighted by Crippen LogP contribution is -2.30. The van der Waals surface area contributed by atoms with Crippen LogP contribution < -0.4 is 0 Å². The van der Waals surface area contributed by atoms with Gasteiger partial charge in [0, 0.05) is 19.4 Å². The van der Waals surface area contributed by atoms with Crippen molar-refractivity contribution in [1.82, 2.24) is 0 Å². The topological polar surface area (TPSA) is 61.8 Å². The predicted molar refractivity (Wildman–Crippen MR) is 242 cm³/mol. The van der Waals surface area contributed by atoms with Crippen molar-refractivity contribution in [1.29, 1.82) is 0 Å². The van der Waals surface area contributed by atoms with Gasteiger partial charge in [-0.15, -0.1) is 0 Å². The highest BCUT2D eigenvalue weighted by atomic mass is 16.6. The van der Waals surface area contributed by atoms with Crippen LogP contribution in [0.5, 0.6) is 0 Å². The quantitative estimate of drug-likeness (QED) is 0.0350. The molecule has 0 aliphatic rings. The van der Waals surface area contributed by atoms with E-state index in [1.807, 2.05) is 0 Å². The summed E-state index contributed by atoms with van der Waals surface area (Å²) in [6, 6.07) is 0. The van der Waals surface area contributed by atoms with E-state index in [1.54, 1.807) is 0 Å². The Morgan fingerprint density at radius 3 is 1.36 bits per heavy atom. The second kappa shape index (κ2) is 47.0. The number of ether oxygens (including phenoxy) is 3. The lowest BCUT2D eigenvalue weighted by atomic mass is 10.0. The Morgan fingerprint density at radius 1 is 0.411 bits per heavy atom. The first kappa shape index (κ1) is 53.6. The normalized spacial score (nSPS) is 12.7. The number of esters is 2. The Labute approximate surface area is 347 Å². The van der Waals surface area contributed by atoms with Crippen molar-refractivity contribution in [3.63, 3.8) is 0 Å². The molecule has 0 aliphatic carbocycles. The molecule has 324 valence electrons. The van der Waals surface area contributed by atoms with E-state index in [9.17, 15) is 9.59 Å². The van der Waals surface area contributed by atoms with E-state index in [1.165, 1.54) is 103 Å². The van der Waals surface area contributed by atoms with Gasteiger partial charge in [0.25, 0.3) is 0 Å². The van der Waals surface area contributed by atoms with Crippen LogP contribution in [0.3, 0.4) is 0 Å². The van der Waals surface area contributed by atoms with Crippen molar-refractivity contribution in [2.45, 2.75) is 232 Å². The van der Waals surface area contributed by atoms with Gasteiger partial charge in [0.1, 0.15) is 6.61 Å². The van der Waals surface area contributed by atoms with Crippen LogP contribution in [-0.4, -0.2) is 37.9 Å². The number of rotatable bonds is 43. The van der Waals surface area contributed by atoms with Crippen molar-refractivity contribution < 1.29 is 23.8 Å². The van der Waals surface area contributed by atoms with Gasteiger partial charge in [0.15, 0.2) is 6.10 Å². The summed E-state index contributed by atoms with van der Waals surface area (Å²) in [4.78, 5) is 25.3. The molecule has 0 rings (SSSR count). The molecule has 0 spiro atoms. The number of hydrogen-bond acceptors (Lipinski definition) is 5. The second-order valence-electron chi connectivity index (χ2n) is 15.6. The summed E-state index contributed by atoms with van der Waals surface area (Å²) >= 11 is 0. The van der Waals surface area contributed by atoms with E-state index in [4.69, 9.17) is 14.2 Å². The third kappa shape index (κ3) is 44.3. The number of carbonyl (C=O) groups excluding carboxylic acids is 2. The smallest absolute Gasteiger partial charge is 0.306 e. The molecule has 5 heteroatoms. The van der Waals surface area contributed by atoms with Crippen LogP contribution in [-0.2, 0) is 23.8 Å². The minimum absolute atomic E-state index is 0.0701. The van der Waals surface area contributed by atoms with Gasteiger partial charge in [0.05, 0.1) is 6.61 Å². The molecule has 0 heterocycles. The number of hydrogen-bond donors (Lipinski definition) is 0. The van der Waals surface area contributed by atoms with Crippen LogP contribution in [0.2, 0.25) is 0 Å². The van der Waals surface area contributed by atoms with Gasteiger partial charge < -0.3 is 14.2 Å². The molecule has 0 aliphatic heterocycles. The maximum atomic E-state index is 12.7. The number of allylic oxidation sites excluding steroid dienone is 10. The molecule has 0 aromatic rings. The molecule has 0 saturated heterocycles. The average molecular weight is 783 g/mol. The van der Waals surface area contributed by atoms with Crippen LogP contribution >= 0.6 is 0 Å². The Bertz CT molecular complexity index is 977. The van der Waals surface area contributed by atoms with E-state index < -0.39 is 6.10 Å². The Hall–Kier alpha value is -2.40. The van der Waals surface area contributed by atoms with Gasteiger partial charge in [-0.05, 0) is 77.0 Å². The lowest BCUT2D eigenvalue weighted by Gasteiger charge is -2.18. The maximum absolute atomic E-state index is 12.7. The van der Waals surface area contributed by atoms with Crippen LogP contribution in [0.4, 0.5) is 0 Å². The van der Waals surface area contributed by atoms with Crippen molar-refractivity contribution in [2.24, 2.45) is 0 Å². The zero-order chi connectivity index (χ0) is 40.7. The molecule has 0 amide bonds. The molecule has 1 unspecified atom stereocenters. The second-order valence-corrected chi connectivity index (χ2v) is 15.6. The first-order chi connectivity index (χ1) is 27.6. The zero-order valence-electron chi connectivity index (χ0n) is 37.1. The molecule has 0 fully saturated rings. The summed E-state index contributed by atoms with van der Waals surface area (Å²) in [5.41, 5.74) is 0. The maximum Gasteiger partial charge on any atom is 0.306 e. The Balaban J connectivity index is 4.31. The van der Waals surface area contributed by atoms with Gasteiger partial charge in [0.2, 0.25) is 0 Å². The molecule has 0 bridgehead atoms. The molecular formula is C51H90O5. The summed E-state index contributed by atoms with van der Waals surface area (Å²) in [6.45, 7) is 7.61. The van der Waals surface area contributed by atoms with Crippen molar-refractivity contribution in [2.75, 3.05) is 19.8 Å². The third-order valence-corrected chi connectivity index (χ3v) is 10.0. The zero-order valence-corrected chi connectivity index (χ0v) is 37.1. The number of carbonyl (C=O) groups is 2. The van der Waals surface area contributed by atoms with E-state index in [2.05, 4.69) is 81.5 Å². The molecular weight excluding hydrogens is 693 g/mol. The van der Waals surface area contributed by atoms with E-state index >= 15 is 0 Å². The molecule has 56 heavy (non-hydrogen) atoms. The van der Waals surface area contributed by atoms with Crippen molar-refractivity contribution in [3.8, 4) is 0 Å². The highest BCUT2D eigenvalue weighted by molar-refractivity contribution is 5.70. The summed E-state index contributed by atoms with van der Waals surface area (Å²) in [5.74, 6) is -0.423. The first-order valence-electron chi connectivity index (χ1n) is 23.8. The van der Waals surface area contributed by atoms with Gasteiger partial charge >= 0.3 is 11.9 Å². The number of unbranched alkanes of at least 4 members (excludes halogenated alkanes) is 22. The minimum Gasteiger partial charge on any atom is -0.462 e. The first-order valence-corrected chi connectivity index (χ1v) is 23.8. The van der Waals surface area contributed by atoms with Crippen LogP contribution in [0.25, 0.3) is 0 Å². The van der Waals surface area contributed by atoms with E-state index in [0.29, 0.717) is 19.4 Å². The summed E-state index contributed by atoms with van der Waals surface area (Å²) in [5, 5.41) is 0. The monoisotopic (exact) mass is 783 g/mol. The third-order valence-electron chi connectivity index (χ3n) is 10.0. The van der Waals surface area contributed by atoms with Crippen LogP contribution in [0, 0.1) is 0 Å². The molecule has 5 nitrogen and oxygen atoms in total. The SMILES string of the molecule is CC/C=C\C/C=C\C/C=C\C/C=C\CCCCCOCC(COC(=O)CCCCCCCCCCCCCCC)OC(=O)CCCCCCC/C=C\CCCC. The molecule has 1 atom stereocenters. The largest absolute Gasteiger partial charge is 0.462 e. The fraction of sp³-hybridized carbons (Fsp3) is 0.765. The van der Waals surface area contributed by atoms with Gasteiger partial charge in [-0.3, -0.25) is 9.59 Å². The van der Waals surface area contributed by atoms with Crippen molar-refractivity contribution in [3.05, 3.63) is 60.8 Å². The molecule has 0 aromatic heterocycles. The van der Waals surface area contributed by atoms with Gasteiger partial charge in [-0.2, -0.15) is 0 Å². The lowest BCUT2D eigenvalue weighted by molar-refractivity contribution is -0.163. The highest BCUT2D eigenvalue weighted by Gasteiger charge is 2.17. The highest BCUT2D eigenvalue weighted by Crippen LogP contribution is 2.14. The predicted octanol–water partition coefficient (Wildman–Crippen LogP) is 15.8. The summed E-state index contributed by atoms with van der Waals surface area (Å²) in [7, 11) is 0. The summed E-state index contributed by atoms with van der Waals surface area (Å²) < 4.78 is 17.3. The Morgan fingerprint density at radius 2 is 0.821 bits per heavy atom. The molecule has 0 N–H and O–H groups in total. The van der Waals surface area contributed by atoms with Gasteiger partial charge in [-0.1, -0.05) is 197 Å².